The van der Waals surface area contributed by atoms with Gasteiger partial charge in [-0.2, -0.15) is 0 Å². The average molecular weight is 403 g/mol. The molecule has 0 saturated heterocycles. The lowest BCUT2D eigenvalue weighted by Crippen LogP contribution is -2.02. The Morgan fingerprint density at radius 3 is 2.07 bits per heavy atom. The number of carbonyl (C=O) groups excluding carboxylic acids is 1. The largest absolute Gasteiger partial charge is 0.494 e. The highest BCUT2D eigenvalue weighted by Crippen LogP contribution is 2.13. The van der Waals surface area contributed by atoms with Crippen LogP contribution in [-0.2, 0) is 9.53 Å². The molecule has 0 atom stereocenters. The highest BCUT2D eigenvalue weighted by atomic mass is 19.1. The first-order valence-electron chi connectivity index (χ1n) is 9.18. The molecule has 0 radical (unpaired) electrons. The second-order valence-corrected chi connectivity index (χ2v) is 6.02. The van der Waals surface area contributed by atoms with Crippen molar-refractivity contribution < 1.29 is 28.6 Å². The highest BCUT2D eigenvalue weighted by molar-refractivity contribution is 5.87. The molecule has 7 heteroatoms. The third kappa shape index (κ3) is 11.2. The Morgan fingerprint density at radius 1 is 0.966 bits per heavy atom. The maximum Gasteiger partial charge on any atom is 0.335 e. The number of hydrogen-bond donors (Lipinski definition) is 2. The van der Waals surface area contributed by atoms with Gasteiger partial charge in [-0.3, -0.25) is 0 Å². The SMILES string of the molecule is C=CC(=O)OCCCCCCOc1ccc(C(=O)O)cc1.Nc1ccc(F)cc1. The van der Waals surface area contributed by atoms with Crippen LogP contribution in [0.1, 0.15) is 36.0 Å². The Hall–Kier alpha value is -3.35. The highest BCUT2D eigenvalue weighted by Gasteiger charge is 2.02. The predicted molar refractivity (Wildman–Crippen MR) is 109 cm³/mol. The van der Waals surface area contributed by atoms with Crippen LogP contribution in [0.4, 0.5) is 10.1 Å². The Labute approximate surface area is 169 Å². The molecule has 29 heavy (non-hydrogen) atoms. The molecule has 0 amide bonds. The van der Waals surface area contributed by atoms with Crippen molar-refractivity contribution in [3.63, 3.8) is 0 Å². The first-order valence-corrected chi connectivity index (χ1v) is 9.18. The van der Waals surface area contributed by atoms with E-state index in [4.69, 9.17) is 20.3 Å². The van der Waals surface area contributed by atoms with Gasteiger partial charge in [0.25, 0.3) is 0 Å². The van der Waals surface area contributed by atoms with Crippen LogP contribution in [0.15, 0.2) is 61.2 Å². The minimum absolute atomic E-state index is 0.247. The molecule has 0 bridgehead atoms. The third-order valence-corrected chi connectivity index (χ3v) is 3.69. The van der Waals surface area contributed by atoms with Gasteiger partial charge in [-0.1, -0.05) is 6.58 Å². The van der Waals surface area contributed by atoms with E-state index in [0.29, 0.717) is 24.7 Å². The van der Waals surface area contributed by atoms with Crippen molar-refractivity contribution in [1.82, 2.24) is 0 Å². The van der Waals surface area contributed by atoms with Crippen molar-refractivity contribution in [2.24, 2.45) is 0 Å². The summed E-state index contributed by atoms with van der Waals surface area (Å²) in [6.07, 6.45) is 4.83. The van der Waals surface area contributed by atoms with Gasteiger partial charge in [-0.25, -0.2) is 14.0 Å². The van der Waals surface area contributed by atoms with Gasteiger partial charge in [0.1, 0.15) is 11.6 Å². The number of ether oxygens (including phenoxy) is 2. The molecule has 0 aliphatic heterocycles. The first-order chi connectivity index (χ1) is 13.9. The zero-order chi connectivity index (χ0) is 21.5. The van der Waals surface area contributed by atoms with E-state index in [2.05, 4.69) is 6.58 Å². The molecule has 0 spiro atoms. The van der Waals surface area contributed by atoms with Crippen molar-refractivity contribution in [1.29, 1.82) is 0 Å². The van der Waals surface area contributed by atoms with Gasteiger partial charge < -0.3 is 20.3 Å². The molecule has 0 aliphatic rings. The number of esters is 1. The molecule has 2 rings (SSSR count). The fourth-order valence-electron chi connectivity index (χ4n) is 2.14. The van der Waals surface area contributed by atoms with Gasteiger partial charge in [-0.15, -0.1) is 0 Å². The molecular formula is C22H26FNO5. The Morgan fingerprint density at radius 2 is 1.55 bits per heavy atom. The summed E-state index contributed by atoms with van der Waals surface area (Å²) in [7, 11) is 0. The van der Waals surface area contributed by atoms with E-state index in [0.717, 1.165) is 31.8 Å². The van der Waals surface area contributed by atoms with Crippen LogP contribution in [0.25, 0.3) is 0 Å². The number of anilines is 1. The molecule has 0 unspecified atom stereocenters. The number of carboxylic acids is 1. The van der Waals surface area contributed by atoms with Gasteiger partial charge in [-0.05, 0) is 74.2 Å². The van der Waals surface area contributed by atoms with Gasteiger partial charge in [0.2, 0.25) is 0 Å². The van der Waals surface area contributed by atoms with E-state index in [1.807, 2.05) is 0 Å². The molecule has 0 aliphatic carbocycles. The smallest absolute Gasteiger partial charge is 0.335 e. The first kappa shape index (κ1) is 23.7. The summed E-state index contributed by atoms with van der Waals surface area (Å²) in [5, 5.41) is 8.77. The van der Waals surface area contributed by atoms with Crippen LogP contribution in [0.3, 0.4) is 0 Å². The summed E-state index contributed by atoms with van der Waals surface area (Å²) < 4.78 is 22.4. The number of carboxylic acid groups (broad SMARTS) is 1. The lowest BCUT2D eigenvalue weighted by atomic mass is 10.2. The number of carbonyl (C=O) groups is 2. The number of halogens is 1. The number of hydrogen-bond acceptors (Lipinski definition) is 5. The second kappa shape index (κ2) is 13.8. The summed E-state index contributed by atoms with van der Waals surface area (Å²) in [5.74, 6) is -0.916. The topological polar surface area (TPSA) is 98.8 Å². The molecule has 0 saturated carbocycles. The lowest BCUT2D eigenvalue weighted by Gasteiger charge is -2.06. The standard InChI is InChI=1S/C16H20O5.C6H6FN/c1-2-15(17)21-12-6-4-3-5-11-20-14-9-7-13(8-10-14)16(18)19;7-5-1-3-6(8)4-2-5/h2,7-10H,1,3-6,11-12H2,(H,18,19);1-4H,8H2. The van der Waals surface area contributed by atoms with Crippen LogP contribution in [0.5, 0.6) is 5.75 Å². The summed E-state index contributed by atoms with van der Waals surface area (Å²) in [6, 6.07) is 12.0. The monoisotopic (exact) mass is 403 g/mol. The summed E-state index contributed by atoms with van der Waals surface area (Å²) in [4.78, 5) is 21.5. The predicted octanol–water partition coefficient (Wildman–Crippen LogP) is 4.46. The Bertz CT molecular complexity index is 739. The molecule has 0 aromatic heterocycles. The molecular weight excluding hydrogens is 377 g/mol. The van der Waals surface area contributed by atoms with Gasteiger partial charge in [0.15, 0.2) is 0 Å². The maximum absolute atomic E-state index is 12.0. The van der Waals surface area contributed by atoms with Crippen LogP contribution in [0.2, 0.25) is 0 Å². The maximum atomic E-state index is 12.0. The van der Waals surface area contributed by atoms with E-state index in [9.17, 15) is 14.0 Å². The van der Waals surface area contributed by atoms with E-state index in [1.165, 1.54) is 36.4 Å². The van der Waals surface area contributed by atoms with Crippen LogP contribution < -0.4 is 10.5 Å². The minimum Gasteiger partial charge on any atom is -0.494 e. The molecule has 3 N–H and O–H groups in total. The number of unbranched alkanes of at least 4 members (excludes halogenated alkanes) is 3. The van der Waals surface area contributed by atoms with Crippen molar-refractivity contribution in [2.45, 2.75) is 25.7 Å². The van der Waals surface area contributed by atoms with Gasteiger partial charge >= 0.3 is 11.9 Å². The number of nitrogen functional groups attached to an aromatic ring is 1. The van der Waals surface area contributed by atoms with E-state index in [1.54, 1.807) is 12.1 Å². The van der Waals surface area contributed by atoms with Crippen molar-refractivity contribution in [3.05, 3.63) is 72.6 Å². The Balaban J connectivity index is 0.000000436. The minimum atomic E-state index is -0.946. The normalized spacial score (nSPS) is 9.69. The van der Waals surface area contributed by atoms with Crippen LogP contribution in [0, 0.1) is 5.82 Å². The number of benzene rings is 2. The number of rotatable bonds is 10. The van der Waals surface area contributed by atoms with E-state index in [-0.39, 0.29) is 17.3 Å². The zero-order valence-electron chi connectivity index (χ0n) is 16.2. The van der Waals surface area contributed by atoms with Crippen LogP contribution >= 0.6 is 0 Å². The van der Waals surface area contributed by atoms with E-state index >= 15 is 0 Å². The quantitative estimate of drug-likeness (QED) is 0.263. The molecule has 2 aromatic carbocycles. The Kier molecular flexibility index (Phi) is 11.2. The van der Waals surface area contributed by atoms with Crippen molar-refractivity contribution in [3.8, 4) is 5.75 Å². The number of aromatic carboxylic acids is 1. The summed E-state index contributed by atoms with van der Waals surface area (Å²) >= 11 is 0. The molecule has 0 fully saturated rings. The van der Waals surface area contributed by atoms with Gasteiger partial charge in [0, 0.05) is 11.8 Å². The van der Waals surface area contributed by atoms with Crippen LogP contribution in [-0.4, -0.2) is 30.3 Å². The molecule has 2 aromatic rings. The van der Waals surface area contributed by atoms with Gasteiger partial charge in [0.05, 0.1) is 18.8 Å². The lowest BCUT2D eigenvalue weighted by molar-refractivity contribution is -0.137. The summed E-state index contributed by atoms with van der Waals surface area (Å²) in [5.41, 5.74) is 6.10. The fraction of sp³-hybridized carbons (Fsp3) is 0.273. The second-order valence-electron chi connectivity index (χ2n) is 6.02. The summed E-state index contributed by atoms with van der Waals surface area (Å²) in [6.45, 7) is 4.32. The molecule has 156 valence electrons. The zero-order valence-corrected chi connectivity index (χ0v) is 16.2. The molecule has 6 nitrogen and oxygen atoms in total. The third-order valence-electron chi connectivity index (χ3n) is 3.69. The fourth-order valence-corrected chi connectivity index (χ4v) is 2.14. The van der Waals surface area contributed by atoms with Crippen molar-refractivity contribution >= 4 is 17.6 Å². The molecule has 0 heterocycles. The average Bonchev–Trinajstić information content (AvgIpc) is 2.72. The van der Waals surface area contributed by atoms with Crippen molar-refractivity contribution in [2.75, 3.05) is 18.9 Å². The number of nitrogens with two attached hydrogens (primary N) is 1. The van der Waals surface area contributed by atoms with E-state index < -0.39 is 5.97 Å².